The lowest BCUT2D eigenvalue weighted by Gasteiger charge is -2.13. The fourth-order valence-electron chi connectivity index (χ4n) is 3.08. The number of pyridine rings is 1. The van der Waals surface area contributed by atoms with Crippen LogP contribution in [0.1, 0.15) is 0 Å². The van der Waals surface area contributed by atoms with Gasteiger partial charge in [-0.15, -0.1) is 0 Å². The Labute approximate surface area is 171 Å². The van der Waals surface area contributed by atoms with Crippen molar-refractivity contribution in [3.8, 4) is 17.0 Å². The van der Waals surface area contributed by atoms with E-state index in [1.165, 1.54) is 19.4 Å². The van der Waals surface area contributed by atoms with E-state index in [4.69, 9.17) is 4.74 Å². The zero-order valence-electron chi connectivity index (χ0n) is 15.9. The van der Waals surface area contributed by atoms with Crippen molar-refractivity contribution in [2.24, 2.45) is 7.05 Å². The van der Waals surface area contributed by atoms with Crippen LogP contribution in [0.15, 0.2) is 59.8 Å². The SMILES string of the molecule is COc1ncc(-c2ccc3c(cnn3C)c2)cc1NS(=O)(=O)c1ccc(F)cc1F. The van der Waals surface area contributed by atoms with Crippen LogP contribution in [0.3, 0.4) is 0 Å². The van der Waals surface area contributed by atoms with Gasteiger partial charge in [0.05, 0.1) is 18.8 Å². The number of nitrogens with zero attached hydrogens (tertiary/aromatic N) is 3. The molecule has 2 aromatic heterocycles. The molecule has 0 saturated heterocycles. The molecule has 4 aromatic rings. The fraction of sp³-hybridized carbons (Fsp3) is 0.100. The van der Waals surface area contributed by atoms with Gasteiger partial charge in [0.1, 0.15) is 22.2 Å². The number of nitrogens with one attached hydrogen (secondary N) is 1. The maximum Gasteiger partial charge on any atom is 0.264 e. The summed E-state index contributed by atoms with van der Waals surface area (Å²) in [7, 11) is -1.18. The average Bonchev–Trinajstić information content (AvgIpc) is 3.07. The third-order valence-corrected chi connectivity index (χ3v) is 5.95. The van der Waals surface area contributed by atoms with Crippen molar-refractivity contribution in [1.29, 1.82) is 0 Å². The fourth-order valence-corrected chi connectivity index (χ4v) is 4.19. The molecule has 0 spiro atoms. The summed E-state index contributed by atoms with van der Waals surface area (Å²) in [5.41, 5.74) is 2.34. The van der Waals surface area contributed by atoms with E-state index < -0.39 is 26.6 Å². The maximum absolute atomic E-state index is 14.0. The van der Waals surface area contributed by atoms with Crippen molar-refractivity contribution in [3.63, 3.8) is 0 Å². The van der Waals surface area contributed by atoms with Crippen molar-refractivity contribution in [1.82, 2.24) is 14.8 Å². The smallest absolute Gasteiger partial charge is 0.264 e. The number of hydrogen-bond donors (Lipinski definition) is 1. The number of hydrogen-bond acceptors (Lipinski definition) is 5. The molecule has 0 saturated carbocycles. The Kier molecular flexibility index (Phi) is 4.86. The van der Waals surface area contributed by atoms with E-state index in [1.54, 1.807) is 10.9 Å². The number of ether oxygens (including phenoxy) is 1. The first-order valence-corrected chi connectivity index (χ1v) is 10.2. The van der Waals surface area contributed by atoms with Crippen LogP contribution >= 0.6 is 0 Å². The Morgan fingerprint density at radius 1 is 1.03 bits per heavy atom. The van der Waals surface area contributed by atoms with Gasteiger partial charge in [0.2, 0.25) is 5.88 Å². The monoisotopic (exact) mass is 430 g/mol. The summed E-state index contributed by atoms with van der Waals surface area (Å²) in [5.74, 6) is -2.07. The topological polar surface area (TPSA) is 86.1 Å². The lowest BCUT2D eigenvalue weighted by molar-refractivity contribution is 0.400. The Bertz CT molecular complexity index is 1370. The zero-order valence-corrected chi connectivity index (χ0v) is 16.7. The largest absolute Gasteiger partial charge is 0.480 e. The number of halogens is 2. The lowest BCUT2D eigenvalue weighted by atomic mass is 10.1. The Hall–Kier alpha value is -3.53. The number of benzene rings is 2. The van der Waals surface area contributed by atoms with Crippen LogP contribution in [-0.2, 0) is 17.1 Å². The van der Waals surface area contributed by atoms with Crippen molar-refractivity contribution in [2.45, 2.75) is 4.90 Å². The summed E-state index contributed by atoms with van der Waals surface area (Å²) in [4.78, 5) is 3.46. The van der Waals surface area contributed by atoms with Gasteiger partial charge < -0.3 is 4.74 Å². The van der Waals surface area contributed by atoms with Crippen LogP contribution < -0.4 is 9.46 Å². The third-order valence-electron chi connectivity index (χ3n) is 4.55. The van der Waals surface area contributed by atoms with Gasteiger partial charge in [-0.3, -0.25) is 9.40 Å². The summed E-state index contributed by atoms with van der Waals surface area (Å²) >= 11 is 0. The molecule has 0 amide bonds. The van der Waals surface area contributed by atoms with E-state index in [1.807, 2.05) is 25.2 Å². The highest BCUT2D eigenvalue weighted by Gasteiger charge is 2.22. The Balaban J connectivity index is 1.75. The molecule has 4 rings (SSSR count). The predicted molar refractivity (Wildman–Crippen MR) is 108 cm³/mol. The van der Waals surface area contributed by atoms with Gasteiger partial charge in [-0.25, -0.2) is 22.2 Å². The average molecular weight is 430 g/mol. The molecule has 0 radical (unpaired) electrons. The van der Waals surface area contributed by atoms with Gasteiger partial charge in [0, 0.05) is 30.3 Å². The standard InChI is InChI=1S/C20H16F2N4O3S/c1-26-18-5-3-12(7-14(18)11-24-26)13-8-17(20(29-2)23-10-13)25-30(27,28)19-6-4-15(21)9-16(19)22/h3-11,25H,1-2H3. The molecule has 0 unspecified atom stereocenters. The van der Waals surface area contributed by atoms with Crippen molar-refractivity contribution in [3.05, 3.63) is 66.5 Å². The molecule has 2 aromatic carbocycles. The van der Waals surface area contributed by atoms with E-state index in [-0.39, 0.29) is 11.6 Å². The van der Waals surface area contributed by atoms with Crippen LogP contribution in [0, 0.1) is 11.6 Å². The molecule has 0 atom stereocenters. The number of aryl methyl sites for hydroxylation is 1. The highest BCUT2D eigenvalue weighted by atomic mass is 32.2. The number of sulfonamides is 1. The highest BCUT2D eigenvalue weighted by Crippen LogP contribution is 2.31. The van der Waals surface area contributed by atoms with E-state index in [0.29, 0.717) is 11.6 Å². The van der Waals surface area contributed by atoms with Crippen LogP contribution in [0.25, 0.3) is 22.0 Å². The van der Waals surface area contributed by atoms with Crippen LogP contribution in [0.4, 0.5) is 14.5 Å². The minimum absolute atomic E-state index is 0.00676. The molecule has 7 nitrogen and oxygen atoms in total. The molecule has 0 fully saturated rings. The first-order chi connectivity index (χ1) is 14.3. The number of anilines is 1. The summed E-state index contributed by atoms with van der Waals surface area (Å²) in [6.07, 6.45) is 3.25. The molecule has 0 aliphatic heterocycles. The molecule has 30 heavy (non-hydrogen) atoms. The summed E-state index contributed by atoms with van der Waals surface area (Å²) in [6.45, 7) is 0. The van der Waals surface area contributed by atoms with E-state index in [0.717, 1.165) is 28.6 Å². The second-order valence-electron chi connectivity index (χ2n) is 6.50. The zero-order chi connectivity index (χ0) is 21.5. The van der Waals surface area contributed by atoms with Gasteiger partial charge in [-0.1, -0.05) is 6.07 Å². The van der Waals surface area contributed by atoms with Crippen LogP contribution in [-0.4, -0.2) is 30.3 Å². The first-order valence-electron chi connectivity index (χ1n) is 8.72. The molecule has 154 valence electrons. The van der Waals surface area contributed by atoms with Crippen molar-refractivity contribution in [2.75, 3.05) is 11.8 Å². The molecule has 10 heteroatoms. The van der Waals surface area contributed by atoms with Gasteiger partial charge in [0.25, 0.3) is 10.0 Å². The molecule has 0 aliphatic rings. The Morgan fingerprint density at radius 3 is 2.57 bits per heavy atom. The highest BCUT2D eigenvalue weighted by molar-refractivity contribution is 7.92. The third kappa shape index (κ3) is 3.57. The predicted octanol–water partition coefficient (Wildman–Crippen LogP) is 3.72. The van der Waals surface area contributed by atoms with Gasteiger partial charge in [-0.05, 0) is 35.9 Å². The van der Waals surface area contributed by atoms with Crippen LogP contribution in [0.2, 0.25) is 0 Å². The molecular formula is C20H16F2N4O3S. The number of methoxy groups -OCH3 is 1. The van der Waals surface area contributed by atoms with Crippen molar-refractivity contribution >= 4 is 26.6 Å². The van der Waals surface area contributed by atoms with Gasteiger partial charge in [0.15, 0.2) is 0 Å². The van der Waals surface area contributed by atoms with Gasteiger partial charge >= 0.3 is 0 Å². The van der Waals surface area contributed by atoms with E-state index >= 15 is 0 Å². The van der Waals surface area contributed by atoms with Crippen LogP contribution in [0.5, 0.6) is 5.88 Å². The van der Waals surface area contributed by atoms with E-state index in [9.17, 15) is 17.2 Å². The normalized spacial score (nSPS) is 11.6. The number of rotatable bonds is 5. The maximum atomic E-state index is 14.0. The van der Waals surface area contributed by atoms with E-state index in [2.05, 4.69) is 14.8 Å². The molecule has 2 heterocycles. The Morgan fingerprint density at radius 2 is 1.83 bits per heavy atom. The second kappa shape index (κ2) is 7.38. The summed E-state index contributed by atoms with van der Waals surface area (Å²) < 4.78 is 61.6. The first kappa shape index (κ1) is 19.8. The molecular weight excluding hydrogens is 414 g/mol. The molecule has 1 N–H and O–H groups in total. The number of aromatic nitrogens is 3. The minimum Gasteiger partial charge on any atom is -0.480 e. The molecule has 0 aliphatic carbocycles. The minimum atomic E-state index is -4.35. The van der Waals surface area contributed by atoms with Gasteiger partial charge in [-0.2, -0.15) is 5.10 Å². The molecule has 0 bridgehead atoms. The summed E-state index contributed by atoms with van der Waals surface area (Å²) in [5, 5.41) is 5.10. The second-order valence-corrected chi connectivity index (χ2v) is 8.15. The number of fused-ring (bicyclic) bond motifs is 1. The lowest BCUT2D eigenvalue weighted by Crippen LogP contribution is -2.15. The van der Waals surface area contributed by atoms with Crippen molar-refractivity contribution < 1.29 is 21.9 Å². The summed E-state index contributed by atoms with van der Waals surface area (Å²) in [6, 6.07) is 9.39. The quantitative estimate of drug-likeness (QED) is 0.522.